The Labute approximate surface area is 133 Å². The predicted molar refractivity (Wildman–Crippen MR) is 89.4 cm³/mol. The van der Waals surface area contributed by atoms with E-state index >= 15 is 0 Å². The number of pyridine rings is 1. The van der Waals surface area contributed by atoms with Gasteiger partial charge in [-0.2, -0.15) is 0 Å². The van der Waals surface area contributed by atoms with Gasteiger partial charge in [0, 0.05) is 11.6 Å². The molecule has 2 heterocycles. The number of H-pyrrole nitrogens is 1. The Morgan fingerprint density at radius 2 is 1.82 bits per heavy atom. The molecule has 4 rings (SSSR count). The number of imidazole rings is 1. The van der Waals surface area contributed by atoms with Crippen molar-refractivity contribution in [1.29, 1.82) is 0 Å². The molecule has 2 aromatic heterocycles. The second-order valence-electron chi connectivity index (χ2n) is 4.82. The van der Waals surface area contributed by atoms with Crippen LogP contribution in [0.4, 0.5) is 0 Å². The third-order valence-corrected chi connectivity index (χ3v) is 3.40. The smallest absolute Gasteiger partial charge is 0.146 e. The van der Waals surface area contributed by atoms with Crippen molar-refractivity contribution in [3.8, 4) is 5.75 Å². The molecule has 0 aliphatic heterocycles. The van der Waals surface area contributed by atoms with E-state index in [0.29, 0.717) is 6.61 Å². The van der Waals surface area contributed by atoms with Crippen LogP contribution in [0.2, 0.25) is 0 Å². The number of fused-ring (bicyclic) bond motifs is 2. The summed E-state index contributed by atoms with van der Waals surface area (Å²) in [5.41, 5.74) is 2.84. The standard InChI is InChI=1S/C17H13N3O.ClH/c1-2-8-14-13(7-1)19-16(20-14)11-21-15-9-3-5-12-6-4-10-18-17(12)15;/h1-10H,11H2,(H,19,20);1H. The fraction of sp³-hybridized carbons (Fsp3) is 0.0588. The molecule has 22 heavy (non-hydrogen) atoms. The molecule has 1 N–H and O–H groups in total. The van der Waals surface area contributed by atoms with E-state index in [1.54, 1.807) is 6.20 Å². The zero-order chi connectivity index (χ0) is 14.1. The van der Waals surface area contributed by atoms with Crippen LogP contribution in [0.25, 0.3) is 21.9 Å². The molecule has 0 saturated carbocycles. The predicted octanol–water partition coefficient (Wildman–Crippen LogP) is 4.11. The number of hydrogen-bond acceptors (Lipinski definition) is 3. The van der Waals surface area contributed by atoms with Crippen LogP contribution in [0.3, 0.4) is 0 Å². The van der Waals surface area contributed by atoms with Crippen molar-refractivity contribution >= 4 is 34.3 Å². The minimum atomic E-state index is 0. The molecule has 0 bridgehead atoms. The summed E-state index contributed by atoms with van der Waals surface area (Å²) in [4.78, 5) is 12.1. The molecule has 0 fully saturated rings. The average Bonchev–Trinajstić information content (AvgIpc) is 2.96. The van der Waals surface area contributed by atoms with Gasteiger partial charge in [-0.1, -0.05) is 30.3 Å². The zero-order valence-corrected chi connectivity index (χ0v) is 12.5. The second-order valence-corrected chi connectivity index (χ2v) is 4.82. The molecule has 4 nitrogen and oxygen atoms in total. The Hall–Kier alpha value is -2.59. The van der Waals surface area contributed by atoms with Crippen LogP contribution in [-0.4, -0.2) is 15.0 Å². The monoisotopic (exact) mass is 311 g/mol. The fourth-order valence-corrected chi connectivity index (χ4v) is 2.41. The van der Waals surface area contributed by atoms with Crippen LogP contribution >= 0.6 is 12.4 Å². The quantitative estimate of drug-likeness (QED) is 0.619. The van der Waals surface area contributed by atoms with Crippen molar-refractivity contribution in [2.75, 3.05) is 0 Å². The third kappa shape index (κ3) is 2.61. The van der Waals surface area contributed by atoms with E-state index in [4.69, 9.17) is 4.74 Å². The molecule has 0 atom stereocenters. The lowest BCUT2D eigenvalue weighted by molar-refractivity contribution is 0.300. The van der Waals surface area contributed by atoms with E-state index < -0.39 is 0 Å². The normalized spacial score (nSPS) is 10.5. The van der Waals surface area contributed by atoms with E-state index in [2.05, 4.69) is 15.0 Å². The summed E-state index contributed by atoms with van der Waals surface area (Å²) in [5, 5.41) is 1.07. The summed E-state index contributed by atoms with van der Waals surface area (Å²) in [6, 6.07) is 17.8. The number of para-hydroxylation sites is 3. The number of ether oxygens (including phenoxy) is 1. The number of nitrogens with zero attached hydrogens (tertiary/aromatic N) is 2. The molecule has 0 aliphatic rings. The zero-order valence-electron chi connectivity index (χ0n) is 11.7. The maximum Gasteiger partial charge on any atom is 0.146 e. The van der Waals surface area contributed by atoms with Gasteiger partial charge in [0.25, 0.3) is 0 Å². The van der Waals surface area contributed by atoms with Crippen LogP contribution < -0.4 is 4.74 Å². The van der Waals surface area contributed by atoms with Gasteiger partial charge >= 0.3 is 0 Å². The molecule has 0 spiro atoms. The highest BCUT2D eigenvalue weighted by molar-refractivity contribution is 5.85. The minimum absolute atomic E-state index is 0. The molecule has 0 aliphatic carbocycles. The van der Waals surface area contributed by atoms with Crippen molar-refractivity contribution in [1.82, 2.24) is 15.0 Å². The largest absolute Gasteiger partial charge is 0.483 e. The molecule has 2 aromatic carbocycles. The Kier molecular flexibility index (Phi) is 3.94. The van der Waals surface area contributed by atoms with Crippen molar-refractivity contribution in [3.63, 3.8) is 0 Å². The van der Waals surface area contributed by atoms with Crippen LogP contribution in [0.5, 0.6) is 5.75 Å². The van der Waals surface area contributed by atoms with E-state index in [9.17, 15) is 0 Å². The highest BCUT2D eigenvalue weighted by Gasteiger charge is 2.06. The van der Waals surface area contributed by atoms with Gasteiger partial charge in [0.1, 0.15) is 23.7 Å². The summed E-state index contributed by atoms with van der Waals surface area (Å²) in [5.74, 6) is 1.58. The van der Waals surface area contributed by atoms with Gasteiger partial charge in [-0.3, -0.25) is 4.98 Å². The summed E-state index contributed by atoms with van der Waals surface area (Å²) < 4.78 is 5.88. The highest BCUT2D eigenvalue weighted by atomic mass is 35.5. The summed E-state index contributed by atoms with van der Waals surface area (Å²) in [6.45, 7) is 0.393. The maximum absolute atomic E-state index is 5.88. The number of aromatic nitrogens is 3. The van der Waals surface area contributed by atoms with Gasteiger partial charge in [-0.25, -0.2) is 4.98 Å². The molecule has 0 amide bonds. The lowest BCUT2D eigenvalue weighted by atomic mass is 10.2. The average molecular weight is 312 g/mol. The topological polar surface area (TPSA) is 50.8 Å². The first kappa shape index (κ1) is 14.4. The molecule has 110 valence electrons. The van der Waals surface area contributed by atoms with E-state index in [1.807, 2.05) is 54.6 Å². The number of nitrogens with one attached hydrogen (secondary N) is 1. The van der Waals surface area contributed by atoms with Gasteiger partial charge in [0.2, 0.25) is 0 Å². The van der Waals surface area contributed by atoms with Gasteiger partial charge in [-0.05, 0) is 24.3 Å². The summed E-state index contributed by atoms with van der Waals surface area (Å²) in [6.07, 6.45) is 1.77. The highest BCUT2D eigenvalue weighted by Crippen LogP contribution is 2.23. The maximum atomic E-state index is 5.88. The number of aromatic amines is 1. The van der Waals surface area contributed by atoms with Crippen molar-refractivity contribution in [2.24, 2.45) is 0 Å². The number of benzene rings is 2. The molecule has 0 saturated heterocycles. The van der Waals surface area contributed by atoms with Crippen LogP contribution in [0.1, 0.15) is 5.82 Å². The Morgan fingerprint density at radius 3 is 2.73 bits per heavy atom. The van der Waals surface area contributed by atoms with Gasteiger partial charge < -0.3 is 9.72 Å². The molecule has 0 unspecified atom stereocenters. The van der Waals surface area contributed by atoms with Crippen LogP contribution in [0.15, 0.2) is 60.8 Å². The fourth-order valence-electron chi connectivity index (χ4n) is 2.41. The van der Waals surface area contributed by atoms with Crippen molar-refractivity contribution in [2.45, 2.75) is 6.61 Å². The number of halogens is 1. The SMILES string of the molecule is Cl.c1cnc2c(OCc3nc4ccccc4[nH]3)cccc2c1. The molecule has 4 aromatic rings. The first-order valence-electron chi connectivity index (χ1n) is 6.80. The Bertz CT molecular complexity index is 881. The van der Waals surface area contributed by atoms with Gasteiger partial charge in [0.15, 0.2) is 0 Å². The Morgan fingerprint density at radius 1 is 0.955 bits per heavy atom. The lowest BCUT2D eigenvalue weighted by Crippen LogP contribution is -1.98. The van der Waals surface area contributed by atoms with Crippen LogP contribution in [-0.2, 0) is 6.61 Å². The molecule has 0 radical (unpaired) electrons. The molecular weight excluding hydrogens is 298 g/mol. The lowest BCUT2D eigenvalue weighted by Gasteiger charge is -2.06. The third-order valence-electron chi connectivity index (χ3n) is 3.40. The van der Waals surface area contributed by atoms with E-state index in [-0.39, 0.29) is 12.4 Å². The van der Waals surface area contributed by atoms with E-state index in [1.165, 1.54) is 0 Å². The van der Waals surface area contributed by atoms with Crippen molar-refractivity contribution in [3.05, 3.63) is 66.6 Å². The second kappa shape index (κ2) is 6.03. The molecule has 5 heteroatoms. The first-order valence-corrected chi connectivity index (χ1v) is 6.80. The van der Waals surface area contributed by atoms with Crippen LogP contribution in [0, 0.1) is 0 Å². The first-order chi connectivity index (χ1) is 10.4. The summed E-state index contributed by atoms with van der Waals surface area (Å²) in [7, 11) is 0. The van der Waals surface area contributed by atoms with Gasteiger partial charge in [-0.15, -0.1) is 12.4 Å². The minimum Gasteiger partial charge on any atom is -0.483 e. The summed E-state index contributed by atoms with van der Waals surface area (Å²) >= 11 is 0. The molecular formula is C17H14ClN3O. The van der Waals surface area contributed by atoms with Crippen molar-refractivity contribution < 1.29 is 4.74 Å². The Balaban J connectivity index is 0.00000144. The number of hydrogen-bond donors (Lipinski definition) is 1. The van der Waals surface area contributed by atoms with E-state index in [0.717, 1.165) is 33.5 Å². The number of rotatable bonds is 3. The van der Waals surface area contributed by atoms with Gasteiger partial charge in [0.05, 0.1) is 11.0 Å².